The van der Waals surface area contributed by atoms with Crippen LogP contribution in [0.5, 0.6) is 5.75 Å². The summed E-state index contributed by atoms with van der Waals surface area (Å²) in [6.45, 7) is 12.5. The van der Waals surface area contributed by atoms with E-state index in [0.717, 1.165) is 36.3 Å². The third-order valence-corrected chi connectivity index (χ3v) is 8.45. The number of carboxylic acids is 1. The zero-order valence-corrected chi connectivity index (χ0v) is 27.4. The number of carboxylic acid groups (broad SMARTS) is 1. The first-order chi connectivity index (χ1) is 22.4. The molecular weight excluding hydrogens is 605 g/mol. The molecule has 0 aliphatic carbocycles. The van der Waals surface area contributed by atoms with Gasteiger partial charge in [0.25, 0.3) is 5.91 Å². The van der Waals surface area contributed by atoms with Crippen molar-refractivity contribution in [3.05, 3.63) is 75.9 Å². The fraction of sp³-hybridized carbons (Fsp3) is 0.429. The van der Waals surface area contributed by atoms with Crippen molar-refractivity contribution >= 4 is 23.2 Å². The van der Waals surface area contributed by atoms with Gasteiger partial charge in [-0.15, -0.1) is 0 Å². The lowest BCUT2D eigenvalue weighted by Crippen LogP contribution is -2.36. The fourth-order valence-electron chi connectivity index (χ4n) is 6.26. The Balaban J connectivity index is 1.42. The molecule has 0 radical (unpaired) electrons. The van der Waals surface area contributed by atoms with Crippen molar-refractivity contribution in [2.24, 2.45) is 0 Å². The molecule has 47 heavy (non-hydrogen) atoms. The van der Waals surface area contributed by atoms with Gasteiger partial charge in [0.2, 0.25) is 0 Å². The number of carbonyl (C=O) groups excluding carboxylic acids is 1. The number of fused-ring (bicyclic) bond motifs is 2. The van der Waals surface area contributed by atoms with E-state index in [1.807, 2.05) is 31.2 Å². The third-order valence-electron chi connectivity index (χ3n) is 8.45. The van der Waals surface area contributed by atoms with Crippen LogP contribution < -0.4 is 15.0 Å². The molecular formula is C35H40FN5O6. The highest BCUT2D eigenvalue weighted by molar-refractivity contribution is 5.93. The lowest BCUT2D eigenvalue weighted by Gasteiger charge is -2.29. The summed E-state index contributed by atoms with van der Waals surface area (Å²) in [5.74, 6) is -2.00. The van der Waals surface area contributed by atoms with Crippen molar-refractivity contribution in [2.75, 3.05) is 37.8 Å². The average molecular weight is 646 g/mol. The summed E-state index contributed by atoms with van der Waals surface area (Å²) >= 11 is 0. The number of aliphatic carboxylic acids is 1. The van der Waals surface area contributed by atoms with Gasteiger partial charge in [0.15, 0.2) is 29.0 Å². The Labute approximate surface area is 272 Å². The molecule has 1 atom stereocenters. The number of rotatable bonds is 8. The van der Waals surface area contributed by atoms with Crippen molar-refractivity contribution in [1.82, 2.24) is 19.9 Å². The Bertz CT molecular complexity index is 1840. The topological polar surface area (TPSA) is 128 Å². The highest BCUT2D eigenvalue weighted by Crippen LogP contribution is 2.41. The van der Waals surface area contributed by atoms with E-state index in [2.05, 4.69) is 20.3 Å². The first-order valence-corrected chi connectivity index (χ1v) is 15.9. The normalized spacial score (nSPS) is 15.7. The Hall–Kier alpha value is -4.55. The molecule has 4 heterocycles. The molecule has 1 fully saturated rings. The number of hydrogen-bond acceptors (Lipinski definition) is 8. The van der Waals surface area contributed by atoms with Crippen LogP contribution in [0.4, 0.5) is 10.1 Å². The van der Waals surface area contributed by atoms with E-state index in [1.165, 1.54) is 10.6 Å². The standard InChI is InChI=1S/C35H40FN5O6/c1-20-24-10-7-13-46-31(24)26(36)17-25(20)30-29(32(34(43)44)47-35(3,4)5)21(2)38-28-18-27(39-41(28)30)33(42)37-19-22-8-6-9-23(16-22)40-11-14-45-15-12-40/h6,8-9,16-18,32H,7,10-15,19H2,1-5H3,(H,37,42)(H,43,44)/t32-/m0/s1. The number of ether oxygens (including phenoxy) is 3. The van der Waals surface area contributed by atoms with E-state index in [4.69, 9.17) is 14.2 Å². The van der Waals surface area contributed by atoms with E-state index < -0.39 is 29.4 Å². The van der Waals surface area contributed by atoms with E-state index in [9.17, 15) is 14.7 Å². The maximum atomic E-state index is 15.6. The van der Waals surface area contributed by atoms with Crippen LogP contribution in [-0.2, 0) is 27.2 Å². The molecule has 12 heteroatoms. The average Bonchev–Trinajstić information content (AvgIpc) is 3.47. The summed E-state index contributed by atoms with van der Waals surface area (Å²) in [4.78, 5) is 33.1. The number of carbonyl (C=O) groups is 2. The van der Waals surface area contributed by atoms with E-state index >= 15 is 4.39 Å². The molecule has 2 N–H and O–H groups in total. The highest BCUT2D eigenvalue weighted by atomic mass is 19.1. The number of nitrogens with one attached hydrogen (secondary N) is 1. The summed E-state index contributed by atoms with van der Waals surface area (Å²) in [6, 6.07) is 10.9. The van der Waals surface area contributed by atoms with Gasteiger partial charge in [0, 0.05) is 53.8 Å². The van der Waals surface area contributed by atoms with Crippen molar-refractivity contribution in [1.29, 1.82) is 0 Å². The van der Waals surface area contributed by atoms with Crippen molar-refractivity contribution < 1.29 is 33.3 Å². The van der Waals surface area contributed by atoms with Crippen molar-refractivity contribution in [3.63, 3.8) is 0 Å². The largest absolute Gasteiger partial charge is 0.490 e. The highest BCUT2D eigenvalue weighted by Gasteiger charge is 2.35. The lowest BCUT2D eigenvalue weighted by atomic mass is 9.91. The number of aromatic nitrogens is 3. The maximum absolute atomic E-state index is 15.6. The zero-order valence-electron chi connectivity index (χ0n) is 27.4. The van der Waals surface area contributed by atoms with Crippen LogP contribution in [0.15, 0.2) is 36.4 Å². The fourth-order valence-corrected chi connectivity index (χ4v) is 6.26. The molecule has 11 nitrogen and oxygen atoms in total. The van der Waals surface area contributed by atoms with Gasteiger partial charge in [-0.3, -0.25) is 4.79 Å². The molecule has 0 saturated carbocycles. The van der Waals surface area contributed by atoms with Crippen LogP contribution in [-0.4, -0.2) is 70.1 Å². The molecule has 2 aromatic heterocycles. The van der Waals surface area contributed by atoms with E-state index in [0.29, 0.717) is 54.4 Å². The summed E-state index contributed by atoms with van der Waals surface area (Å²) < 4.78 is 34.2. The van der Waals surface area contributed by atoms with Gasteiger partial charge in [-0.1, -0.05) is 12.1 Å². The Morgan fingerprint density at radius 3 is 2.62 bits per heavy atom. The van der Waals surface area contributed by atoms with Gasteiger partial charge in [0.05, 0.1) is 31.1 Å². The molecule has 0 unspecified atom stereocenters. The quantitative estimate of drug-likeness (QED) is 0.266. The molecule has 4 aromatic rings. The number of nitrogens with zero attached hydrogens (tertiary/aromatic N) is 4. The molecule has 1 amide bonds. The zero-order chi connectivity index (χ0) is 33.5. The minimum Gasteiger partial charge on any atom is -0.490 e. The SMILES string of the molecule is Cc1nc2cc(C(=O)NCc3cccc(N4CCOCC4)c3)nn2c(-c2cc(F)c3c(c2C)CCCO3)c1[C@H](OC(C)(C)C)C(=O)O. The van der Waals surface area contributed by atoms with Gasteiger partial charge in [-0.25, -0.2) is 18.7 Å². The monoisotopic (exact) mass is 645 g/mol. The third kappa shape index (κ3) is 6.66. The summed E-state index contributed by atoms with van der Waals surface area (Å²) in [7, 11) is 0. The van der Waals surface area contributed by atoms with Crippen molar-refractivity contribution in [2.45, 2.75) is 65.7 Å². The van der Waals surface area contributed by atoms with Gasteiger partial charge >= 0.3 is 5.97 Å². The molecule has 0 spiro atoms. The maximum Gasteiger partial charge on any atom is 0.337 e. The van der Waals surface area contributed by atoms with Crippen LogP contribution in [0.1, 0.15) is 71.7 Å². The number of halogens is 1. The van der Waals surface area contributed by atoms with Crippen molar-refractivity contribution in [3.8, 4) is 17.0 Å². The Morgan fingerprint density at radius 2 is 1.89 bits per heavy atom. The second-order valence-electron chi connectivity index (χ2n) is 13.0. The number of hydrogen-bond donors (Lipinski definition) is 2. The van der Waals surface area contributed by atoms with Gasteiger partial charge in [-0.2, -0.15) is 5.10 Å². The van der Waals surface area contributed by atoms with Crippen LogP contribution >= 0.6 is 0 Å². The van der Waals surface area contributed by atoms with Gasteiger partial charge < -0.3 is 29.5 Å². The van der Waals surface area contributed by atoms with Gasteiger partial charge in [-0.05, 0) is 76.8 Å². The molecule has 248 valence electrons. The number of anilines is 1. The molecule has 2 aromatic carbocycles. The number of benzene rings is 2. The van der Waals surface area contributed by atoms with Crippen LogP contribution in [0.3, 0.4) is 0 Å². The second-order valence-corrected chi connectivity index (χ2v) is 13.0. The molecule has 0 bridgehead atoms. The lowest BCUT2D eigenvalue weighted by molar-refractivity contribution is -0.160. The smallest absolute Gasteiger partial charge is 0.337 e. The first kappa shape index (κ1) is 32.4. The van der Waals surface area contributed by atoms with E-state index in [1.54, 1.807) is 33.8 Å². The summed E-state index contributed by atoms with van der Waals surface area (Å²) in [5, 5.41) is 18.0. The molecule has 2 aliphatic rings. The Morgan fingerprint density at radius 1 is 1.13 bits per heavy atom. The Kier molecular flexibility index (Phi) is 8.91. The molecule has 1 saturated heterocycles. The number of aryl methyl sites for hydroxylation is 1. The minimum atomic E-state index is -1.45. The van der Waals surface area contributed by atoms with Crippen LogP contribution in [0.2, 0.25) is 0 Å². The molecule has 2 aliphatic heterocycles. The predicted octanol–water partition coefficient (Wildman–Crippen LogP) is 5.18. The second kappa shape index (κ2) is 12.9. The van der Waals surface area contributed by atoms with Crippen LogP contribution in [0, 0.1) is 19.7 Å². The predicted molar refractivity (Wildman–Crippen MR) is 174 cm³/mol. The van der Waals surface area contributed by atoms with Gasteiger partial charge in [0.1, 0.15) is 0 Å². The number of morpholine rings is 1. The number of amides is 1. The summed E-state index contributed by atoms with van der Waals surface area (Å²) in [5.41, 5.74) is 4.32. The summed E-state index contributed by atoms with van der Waals surface area (Å²) in [6.07, 6.45) is -0.118. The van der Waals surface area contributed by atoms with E-state index in [-0.39, 0.29) is 23.6 Å². The first-order valence-electron chi connectivity index (χ1n) is 15.9. The minimum absolute atomic E-state index is 0.0858. The van der Waals surface area contributed by atoms with Crippen LogP contribution in [0.25, 0.3) is 16.9 Å². The molecule has 6 rings (SSSR count).